The van der Waals surface area contributed by atoms with Gasteiger partial charge >= 0.3 is 0 Å². The van der Waals surface area contributed by atoms with Gasteiger partial charge in [-0.15, -0.1) is 0 Å². The first kappa shape index (κ1) is 39.3. The number of likely N-dealkylation sites (tertiary alicyclic amines) is 1. The summed E-state index contributed by atoms with van der Waals surface area (Å²) in [4.78, 5) is 43.0. The number of aliphatic hydroxyl groups excluding tert-OH is 1. The molecule has 0 aromatic heterocycles. The number of rotatable bonds is 14. The molecule has 2 aromatic rings. The highest BCUT2D eigenvalue weighted by Gasteiger charge is 2.46. The maximum atomic E-state index is 14.2. The number of aliphatic hydroxyl groups is 1. The summed E-state index contributed by atoms with van der Waals surface area (Å²) < 4.78 is 24.3. The maximum Gasteiger partial charge on any atom is 0.244 e. The largest absolute Gasteiger partial charge is 0.390 e. The Labute approximate surface area is 298 Å². The van der Waals surface area contributed by atoms with Crippen LogP contribution in [-0.4, -0.2) is 96.6 Å². The highest BCUT2D eigenvalue weighted by molar-refractivity contribution is 7.92. The average molecular weight is 712 g/mol. The minimum atomic E-state index is -3.85. The van der Waals surface area contributed by atoms with E-state index in [2.05, 4.69) is 26.2 Å². The number of carbonyl (C=O) groups is 3. The number of carbonyl (C=O) groups excluding carboxylic acids is 3. The van der Waals surface area contributed by atoms with E-state index in [0.717, 1.165) is 37.5 Å². The van der Waals surface area contributed by atoms with E-state index in [1.807, 2.05) is 69.3 Å². The number of nitrogens with zero attached hydrogens (tertiary/aromatic N) is 1. The summed E-state index contributed by atoms with van der Waals surface area (Å²) in [6.07, 6.45) is 5.37. The molecule has 1 heterocycles. The molecule has 3 amide bonds. The summed E-state index contributed by atoms with van der Waals surface area (Å²) in [7, 11) is -3.85. The van der Waals surface area contributed by atoms with Gasteiger partial charge in [-0.1, -0.05) is 67.8 Å². The van der Waals surface area contributed by atoms with E-state index < -0.39 is 56.2 Å². The number of amides is 3. The molecular formula is C38H57N5O6S. The Bertz CT molecular complexity index is 1550. The van der Waals surface area contributed by atoms with Crippen molar-refractivity contribution in [3.8, 4) is 0 Å². The minimum Gasteiger partial charge on any atom is -0.390 e. The zero-order valence-corrected chi connectivity index (χ0v) is 31.3. The highest BCUT2D eigenvalue weighted by atomic mass is 32.2. The summed E-state index contributed by atoms with van der Waals surface area (Å²) in [5.41, 5.74) is 1.14. The number of fused-ring (bicyclic) bond motifs is 1. The lowest BCUT2D eigenvalue weighted by atomic mass is 9.72. The van der Waals surface area contributed by atoms with E-state index in [1.165, 1.54) is 13.8 Å². The van der Waals surface area contributed by atoms with Gasteiger partial charge in [-0.25, -0.2) is 8.42 Å². The second-order valence-corrected chi connectivity index (χ2v) is 18.3. The molecule has 276 valence electrons. The second kappa shape index (κ2) is 16.7. The SMILES string of the molecule is CC(C)(C)NC(=O)C1CC2CCCCC2CN1CC(O)C(Cc1ccccc1)NC(=O)C(NC(=O)CNc1ccccc1)C(C)(C)S(C)(=O)=O. The van der Waals surface area contributed by atoms with Gasteiger partial charge in [0.2, 0.25) is 17.7 Å². The summed E-state index contributed by atoms with van der Waals surface area (Å²) in [5, 5.41) is 23.7. The number of piperidine rings is 1. The number of sulfone groups is 1. The molecule has 1 saturated heterocycles. The van der Waals surface area contributed by atoms with Crippen LogP contribution in [0.1, 0.15) is 72.3 Å². The zero-order chi connectivity index (χ0) is 36.7. The van der Waals surface area contributed by atoms with Crippen LogP contribution in [0.5, 0.6) is 0 Å². The van der Waals surface area contributed by atoms with E-state index in [0.29, 0.717) is 30.5 Å². The lowest BCUT2D eigenvalue weighted by molar-refractivity contribution is -0.133. The van der Waals surface area contributed by atoms with Crippen LogP contribution in [0.4, 0.5) is 5.69 Å². The molecule has 0 spiro atoms. The van der Waals surface area contributed by atoms with Gasteiger partial charge in [0.1, 0.15) is 6.04 Å². The predicted octanol–water partition coefficient (Wildman–Crippen LogP) is 3.29. The van der Waals surface area contributed by atoms with Crippen LogP contribution in [0.2, 0.25) is 0 Å². The third-order valence-corrected chi connectivity index (χ3v) is 12.4. The van der Waals surface area contributed by atoms with Crippen molar-refractivity contribution in [3.63, 3.8) is 0 Å². The Hall–Kier alpha value is -3.48. The molecule has 11 nitrogen and oxygen atoms in total. The molecule has 0 radical (unpaired) electrons. The van der Waals surface area contributed by atoms with Gasteiger partial charge in [0.25, 0.3) is 0 Å². The van der Waals surface area contributed by atoms with Crippen LogP contribution in [0, 0.1) is 11.8 Å². The Balaban J connectivity index is 1.58. The predicted molar refractivity (Wildman–Crippen MR) is 197 cm³/mol. The number of nitrogens with one attached hydrogen (secondary N) is 4. The van der Waals surface area contributed by atoms with Crippen molar-refractivity contribution in [3.05, 3.63) is 66.2 Å². The monoisotopic (exact) mass is 711 g/mol. The molecule has 2 fully saturated rings. The third kappa shape index (κ3) is 10.8. The normalized spacial score (nSPS) is 21.9. The summed E-state index contributed by atoms with van der Waals surface area (Å²) in [5.74, 6) is -0.474. The van der Waals surface area contributed by atoms with Crippen molar-refractivity contribution in [2.75, 3.05) is 31.2 Å². The minimum absolute atomic E-state index is 0.0702. The Morgan fingerprint density at radius 1 is 0.900 bits per heavy atom. The van der Waals surface area contributed by atoms with E-state index in [4.69, 9.17) is 0 Å². The molecule has 1 aliphatic carbocycles. The number of para-hydroxylation sites is 1. The fraction of sp³-hybridized carbons (Fsp3) is 0.605. The third-order valence-electron chi connectivity index (χ3n) is 10.3. The molecule has 5 N–H and O–H groups in total. The van der Waals surface area contributed by atoms with Gasteiger partial charge in [-0.05, 0) is 83.4 Å². The Kier molecular flexibility index (Phi) is 13.1. The summed E-state index contributed by atoms with van der Waals surface area (Å²) >= 11 is 0. The molecule has 6 unspecified atom stereocenters. The number of hydrogen-bond acceptors (Lipinski definition) is 8. The second-order valence-electron chi connectivity index (χ2n) is 15.7. The van der Waals surface area contributed by atoms with Gasteiger partial charge in [0, 0.05) is 30.6 Å². The van der Waals surface area contributed by atoms with Crippen molar-refractivity contribution < 1.29 is 27.9 Å². The molecule has 2 aromatic carbocycles. The first-order chi connectivity index (χ1) is 23.4. The van der Waals surface area contributed by atoms with Crippen molar-refractivity contribution in [1.29, 1.82) is 0 Å². The van der Waals surface area contributed by atoms with Gasteiger partial charge < -0.3 is 26.4 Å². The highest BCUT2D eigenvalue weighted by Crippen LogP contribution is 2.39. The van der Waals surface area contributed by atoms with Crippen LogP contribution in [0.15, 0.2) is 60.7 Å². The summed E-state index contributed by atoms with van der Waals surface area (Å²) in [6, 6.07) is 15.7. The smallest absolute Gasteiger partial charge is 0.244 e. The maximum absolute atomic E-state index is 14.2. The van der Waals surface area contributed by atoms with Gasteiger partial charge in [0.05, 0.1) is 29.5 Å². The molecule has 6 atom stereocenters. The number of hydrogen-bond donors (Lipinski definition) is 5. The van der Waals surface area contributed by atoms with E-state index in [1.54, 1.807) is 12.1 Å². The van der Waals surface area contributed by atoms with Crippen molar-refractivity contribution >= 4 is 33.2 Å². The quantitative estimate of drug-likeness (QED) is 0.200. The molecule has 50 heavy (non-hydrogen) atoms. The lowest BCUT2D eigenvalue weighted by Gasteiger charge is -2.47. The first-order valence-electron chi connectivity index (χ1n) is 17.8. The van der Waals surface area contributed by atoms with Gasteiger partial charge in [-0.3, -0.25) is 19.3 Å². The molecule has 0 bridgehead atoms. The molecule has 12 heteroatoms. The van der Waals surface area contributed by atoms with Gasteiger partial charge in [-0.2, -0.15) is 0 Å². The topological polar surface area (TPSA) is 157 Å². The van der Waals surface area contributed by atoms with Crippen LogP contribution in [0.3, 0.4) is 0 Å². The fourth-order valence-electron chi connectivity index (χ4n) is 7.13. The molecule has 2 aliphatic rings. The fourth-order valence-corrected chi connectivity index (χ4v) is 7.73. The van der Waals surface area contributed by atoms with Gasteiger partial charge in [0.15, 0.2) is 9.84 Å². The van der Waals surface area contributed by atoms with Crippen LogP contribution in [0.25, 0.3) is 0 Å². The number of benzene rings is 2. The van der Waals surface area contributed by atoms with E-state index >= 15 is 0 Å². The standard InChI is InChI=1S/C38H57N5O6S/c1-37(2,3)42-35(46)31-22-27-17-13-14-18-28(27)24-43(31)25-32(44)30(21-26-15-9-7-10-16-26)40-36(47)34(38(4,5)50(6,48)49)41-33(45)23-39-29-19-11-8-12-20-29/h7-12,15-16,19-20,27-28,30-32,34,39,44H,13-14,17-18,21-25H2,1-6H3,(H,40,47)(H,41,45)(H,42,46). The zero-order valence-electron chi connectivity index (χ0n) is 30.4. The van der Waals surface area contributed by atoms with Crippen molar-refractivity contribution in [2.24, 2.45) is 11.8 Å². The Morgan fingerprint density at radius 2 is 1.50 bits per heavy atom. The molecule has 4 rings (SSSR count). The molecule has 1 saturated carbocycles. The van der Waals surface area contributed by atoms with Crippen molar-refractivity contribution in [2.45, 2.75) is 108 Å². The summed E-state index contributed by atoms with van der Waals surface area (Å²) in [6.45, 7) is 9.30. The number of β-amino-alcohol motifs (C(OH)–C–C–N with tert-alkyl or cyclic N) is 1. The van der Waals surface area contributed by atoms with E-state index in [-0.39, 0.29) is 25.4 Å². The first-order valence-corrected chi connectivity index (χ1v) is 19.7. The van der Waals surface area contributed by atoms with E-state index in [9.17, 15) is 27.9 Å². The number of anilines is 1. The van der Waals surface area contributed by atoms with Crippen molar-refractivity contribution in [1.82, 2.24) is 20.9 Å². The van der Waals surface area contributed by atoms with Crippen LogP contribution < -0.4 is 21.3 Å². The molecular weight excluding hydrogens is 655 g/mol. The average Bonchev–Trinajstić information content (AvgIpc) is 3.05. The van der Waals surface area contributed by atoms with Crippen LogP contribution >= 0.6 is 0 Å². The Morgan fingerprint density at radius 3 is 2.10 bits per heavy atom. The van der Waals surface area contributed by atoms with Crippen LogP contribution in [-0.2, 0) is 30.6 Å². The lowest BCUT2D eigenvalue weighted by Crippen LogP contribution is -2.64. The molecule has 1 aliphatic heterocycles.